The Balaban J connectivity index is 2.10. The number of hydrogen-bond donors (Lipinski definition) is 1. The Kier molecular flexibility index (Phi) is 2.07. The van der Waals surface area contributed by atoms with Gasteiger partial charge in [0.2, 0.25) is 0 Å². The van der Waals surface area contributed by atoms with Crippen molar-refractivity contribution in [2.75, 3.05) is 25.9 Å². The first-order chi connectivity index (χ1) is 7.75. The molecule has 0 amide bonds. The van der Waals surface area contributed by atoms with Gasteiger partial charge in [-0.15, -0.1) is 10.2 Å². The highest BCUT2D eigenvalue weighted by Gasteiger charge is 2.25. The zero-order valence-electron chi connectivity index (χ0n) is 9.30. The molecule has 0 spiro atoms. The number of nitrogens with zero attached hydrogens (tertiary/aromatic N) is 4. The van der Waals surface area contributed by atoms with Gasteiger partial charge < -0.3 is 10.6 Å². The Morgan fingerprint density at radius 1 is 1.38 bits per heavy atom. The second-order valence-electron chi connectivity index (χ2n) is 4.45. The highest BCUT2D eigenvalue weighted by molar-refractivity contribution is 5.48. The summed E-state index contributed by atoms with van der Waals surface area (Å²) in [5.41, 5.74) is 6.81. The number of pyridine rings is 1. The average molecular weight is 217 g/mol. The quantitative estimate of drug-likeness (QED) is 0.765. The first kappa shape index (κ1) is 9.59. The van der Waals surface area contributed by atoms with Crippen LogP contribution in [0.2, 0.25) is 0 Å². The smallest absolute Gasteiger partial charge is 0.162 e. The fraction of sp³-hybridized carbons (Fsp3) is 0.455. The third-order valence-corrected chi connectivity index (χ3v) is 3.24. The van der Waals surface area contributed by atoms with Gasteiger partial charge in [-0.2, -0.15) is 0 Å². The summed E-state index contributed by atoms with van der Waals surface area (Å²) in [5, 5.41) is 8.44. The number of nitrogens with two attached hydrogens (primary N) is 1. The predicted molar refractivity (Wildman–Crippen MR) is 62.3 cm³/mol. The molecule has 0 radical (unpaired) electrons. The Labute approximate surface area is 93.9 Å². The highest BCUT2D eigenvalue weighted by atomic mass is 15.3. The summed E-state index contributed by atoms with van der Waals surface area (Å²) in [7, 11) is 2.13. The summed E-state index contributed by atoms with van der Waals surface area (Å²) < 4.78 is 1.96. The van der Waals surface area contributed by atoms with Gasteiger partial charge >= 0.3 is 0 Å². The van der Waals surface area contributed by atoms with Crippen LogP contribution in [0.15, 0.2) is 18.2 Å². The zero-order valence-corrected chi connectivity index (χ0v) is 9.30. The molecule has 0 bridgehead atoms. The van der Waals surface area contributed by atoms with Gasteiger partial charge in [0.25, 0.3) is 0 Å². The molecule has 5 heteroatoms. The van der Waals surface area contributed by atoms with Crippen LogP contribution in [0.3, 0.4) is 0 Å². The summed E-state index contributed by atoms with van der Waals surface area (Å²) >= 11 is 0. The second kappa shape index (κ2) is 3.45. The molecule has 0 saturated carbocycles. The SMILES string of the molecule is CN1CCC(c2nnc3cccc(N)n23)C1. The second-order valence-corrected chi connectivity index (χ2v) is 4.45. The van der Waals surface area contributed by atoms with E-state index in [1.807, 2.05) is 22.6 Å². The standard InChI is InChI=1S/C11H15N5/c1-15-6-5-8(7-15)11-14-13-10-4-2-3-9(12)16(10)11/h2-4,8H,5-7,12H2,1H3. The van der Waals surface area contributed by atoms with Crippen LogP contribution in [0, 0.1) is 0 Å². The highest BCUT2D eigenvalue weighted by Crippen LogP contribution is 2.26. The summed E-state index contributed by atoms with van der Waals surface area (Å²) in [6, 6.07) is 5.73. The van der Waals surface area contributed by atoms with Crippen molar-refractivity contribution in [1.29, 1.82) is 0 Å². The molecule has 1 atom stereocenters. The van der Waals surface area contributed by atoms with Gasteiger partial charge in [-0.25, -0.2) is 0 Å². The summed E-state index contributed by atoms with van der Waals surface area (Å²) in [6.45, 7) is 2.15. The number of likely N-dealkylation sites (tertiary alicyclic amines) is 1. The van der Waals surface area contributed by atoms with Crippen molar-refractivity contribution >= 4 is 11.5 Å². The molecular weight excluding hydrogens is 202 g/mol. The number of aromatic nitrogens is 3. The Hall–Kier alpha value is -1.62. The van der Waals surface area contributed by atoms with Crippen molar-refractivity contribution in [3.63, 3.8) is 0 Å². The monoisotopic (exact) mass is 217 g/mol. The maximum Gasteiger partial charge on any atom is 0.162 e. The molecule has 1 saturated heterocycles. The molecule has 1 fully saturated rings. The number of anilines is 1. The minimum atomic E-state index is 0.449. The summed E-state index contributed by atoms with van der Waals surface area (Å²) in [5.74, 6) is 2.16. The molecule has 0 aromatic carbocycles. The van der Waals surface area contributed by atoms with Crippen molar-refractivity contribution in [1.82, 2.24) is 19.5 Å². The minimum Gasteiger partial charge on any atom is -0.385 e. The molecule has 2 aromatic rings. The van der Waals surface area contributed by atoms with Gasteiger partial charge in [0.05, 0.1) is 0 Å². The van der Waals surface area contributed by atoms with Crippen LogP contribution < -0.4 is 5.73 Å². The van der Waals surface area contributed by atoms with E-state index in [9.17, 15) is 0 Å². The van der Waals surface area contributed by atoms with Crippen LogP contribution in [-0.2, 0) is 0 Å². The minimum absolute atomic E-state index is 0.449. The van der Waals surface area contributed by atoms with Gasteiger partial charge in [-0.05, 0) is 32.1 Å². The lowest BCUT2D eigenvalue weighted by Gasteiger charge is -2.09. The summed E-state index contributed by atoms with van der Waals surface area (Å²) in [4.78, 5) is 2.31. The third-order valence-electron chi connectivity index (χ3n) is 3.24. The first-order valence-corrected chi connectivity index (χ1v) is 5.54. The van der Waals surface area contributed by atoms with Crippen molar-refractivity contribution in [3.05, 3.63) is 24.0 Å². The van der Waals surface area contributed by atoms with Crippen LogP contribution in [0.4, 0.5) is 5.82 Å². The van der Waals surface area contributed by atoms with E-state index in [0.717, 1.165) is 31.0 Å². The Morgan fingerprint density at radius 2 is 2.25 bits per heavy atom. The van der Waals surface area contributed by atoms with Gasteiger partial charge in [-0.1, -0.05) is 6.07 Å². The van der Waals surface area contributed by atoms with E-state index in [0.29, 0.717) is 11.7 Å². The van der Waals surface area contributed by atoms with Crippen LogP contribution in [0.1, 0.15) is 18.2 Å². The van der Waals surface area contributed by atoms with Gasteiger partial charge in [0.1, 0.15) is 11.6 Å². The average Bonchev–Trinajstić information content (AvgIpc) is 2.84. The van der Waals surface area contributed by atoms with Crippen molar-refractivity contribution in [2.45, 2.75) is 12.3 Å². The molecule has 2 aromatic heterocycles. The molecule has 3 heterocycles. The number of nitrogen functional groups attached to an aromatic ring is 1. The fourth-order valence-electron chi connectivity index (χ4n) is 2.40. The predicted octanol–water partition coefficient (Wildman–Crippen LogP) is 0.731. The third kappa shape index (κ3) is 1.36. The molecular formula is C11H15N5. The van der Waals surface area contributed by atoms with Crippen molar-refractivity contribution in [3.8, 4) is 0 Å². The molecule has 84 valence electrons. The van der Waals surface area contributed by atoms with Crippen molar-refractivity contribution in [2.24, 2.45) is 0 Å². The molecule has 5 nitrogen and oxygen atoms in total. The van der Waals surface area contributed by atoms with Crippen molar-refractivity contribution < 1.29 is 0 Å². The van der Waals surface area contributed by atoms with Crippen LogP contribution in [0.25, 0.3) is 5.65 Å². The normalized spacial score (nSPS) is 21.9. The fourth-order valence-corrected chi connectivity index (χ4v) is 2.40. The van der Waals surface area contributed by atoms with Crippen LogP contribution >= 0.6 is 0 Å². The number of fused-ring (bicyclic) bond motifs is 1. The van der Waals surface area contributed by atoms with Gasteiger partial charge in [0.15, 0.2) is 5.65 Å². The maximum absolute atomic E-state index is 5.97. The van der Waals surface area contributed by atoms with E-state index in [4.69, 9.17) is 5.73 Å². The Morgan fingerprint density at radius 3 is 3.00 bits per heavy atom. The topological polar surface area (TPSA) is 59.5 Å². The molecule has 2 N–H and O–H groups in total. The van der Waals surface area contributed by atoms with Gasteiger partial charge in [0, 0.05) is 12.5 Å². The molecule has 1 aliphatic rings. The maximum atomic E-state index is 5.97. The van der Waals surface area contributed by atoms with E-state index < -0.39 is 0 Å². The number of rotatable bonds is 1. The lowest BCUT2D eigenvalue weighted by molar-refractivity contribution is 0.409. The molecule has 16 heavy (non-hydrogen) atoms. The molecule has 1 aliphatic heterocycles. The lowest BCUT2D eigenvalue weighted by Crippen LogP contribution is -2.14. The molecule has 0 aliphatic carbocycles. The summed E-state index contributed by atoms with van der Waals surface area (Å²) in [6.07, 6.45) is 1.13. The molecule has 3 rings (SSSR count). The van der Waals surface area contributed by atoms with E-state index in [1.54, 1.807) is 0 Å². The van der Waals surface area contributed by atoms with E-state index in [1.165, 1.54) is 0 Å². The largest absolute Gasteiger partial charge is 0.385 e. The van der Waals surface area contributed by atoms with E-state index in [2.05, 4.69) is 22.1 Å². The van der Waals surface area contributed by atoms with Gasteiger partial charge in [-0.3, -0.25) is 4.40 Å². The molecule has 1 unspecified atom stereocenters. The Bertz CT molecular complexity index is 518. The van der Waals surface area contributed by atoms with E-state index in [-0.39, 0.29) is 0 Å². The van der Waals surface area contributed by atoms with E-state index >= 15 is 0 Å². The first-order valence-electron chi connectivity index (χ1n) is 5.54. The number of likely N-dealkylation sites (N-methyl/N-ethyl adjacent to an activating group) is 1. The van der Waals surface area contributed by atoms with Crippen LogP contribution in [0.5, 0.6) is 0 Å². The van der Waals surface area contributed by atoms with Crippen LogP contribution in [-0.4, -0.2) is 39.6 Å². The zero-order chi connectivity index (χ0) is 11.1. The number of hydrogen-bond acceptors (Lipinski definition) is 4. The lowest BCUT2D eigenvalue weighted by atomic mass is 10.1.